The molecule has 0 aliphatic carbocycles. The fraction of sp³-hybridized carbons (Fsp3) is 0.533. The summed E-state index contributed by atoms with van der Waals surface area (Å²) in [6, 6.07) is 5.22. The number of hydrogen-bond acceptors (Lipinski definition) is 3. The van der Waals surface area contributed by atoms with Crippen LogP contribution in [0.4, 0.5) is 5.69 Å². The molecule has 2 rings (SSSR count). The third-order valence-electron chi connectivity index (χ3n) is 3.39. The summed E-state index contributed by atoms with van der Waals surface area (Å²) >= 11 is 0. The lowest BCUT2D eigenvalue weighted by molar-refractivity contribution is -0.117. The first-order valence-electron chi connectivity index (χ1n) is 6.86. The van der Waals surface area contributed by atoms with Gasteiger partial charge in [0.15, 0.2) is 0 Å². The molecule has 1 heterocycles. The van der Waals surface area contributed by atoms with Gasteiger partial charge in [-0.3, -0.25) is 4.79 Å². The molecule has 0 spiro atoms. The summed E-state index contributed by atoms with van der Waals surface area (Å²) in [4.78, 5) is 11.8. The third-order valence-corrected chi connectivity index (χ3v) is 3.39. The minimum absolute atomic E-state index is 0.0756. The summed E-state index contributed by atoms with van der Waals surface area (Å²) in [7, 11) is 0. The van der Waals surface area contributed by atoms with Crippen molar-refractivity contribution in [3.8, 4) is 5.75 Å². The standard InChI is InChI=1S/C15H21NO3/c1-11-5-7-13(14(17)10-11)16-15(18)8-6-12-4-2-3-9-19-12/h5,7,10,12,17H,2-4,6,8-9H2,1H3,(H,16,18). The van der Waals surface area contributed by atoms with Crippen LogP contribution in [0.1, 0.15) is 37.7 Å². The van der Waals surface area contributed by atoms with Crippen LogP contribution in [0.15, 0.2) is 18.2 Å². The molecule has 0 saturated carbocycles. The lowest BCUT2D eigenvalue weighted by Crippen LogP contribution is -2.21. The molecule has 0 radical (unpaired) electrons. The lowest BCUT2D eigenvalue weighted by Gasteiger charge is -2.22. The number of carbonyl (C=O) groups excluding carboxylic acids is 1. The van der Waals surface area contributed by atoms with E-state index in [-0.39, 0.29) is 17.8 Å². The zero-order valence-corrected chi connectivity index (χ0v) is 11.3. The van der Waals surface area contributed by atoms with Crippen molar-refractivity contribution < 1.29 is 14.6 Å². The van der Waals surface area contributed by atoms with E-state index in [4.69, 9.17) is 4.74 Å². The average Bonchev–Trinajstić information content (AvgIpc) is 2.41. The molecule has 0 aromatic heterocycles. The molecule has 1 atom stereocenters. The van der Waals surface area contributed by atoms with Gasteiger partial charge in [-0.2, -0.15) is 0 Å². The number of nitrogens with one attached hydrogen (secondary N) is 1. The van der Waals surface area contributed by atoms with E-state index in [1.165, 1.54) is 6.42 Å². The van der Waals surface area contributed by atoms with E-state index in [0.29, 0.717) is 12.1 Å². The molecular formula is C15H21NO3. The van der Waals surface area contributed by atoms with E-state index in [1.807, 2.05) is 13.0 Å². The smallest absolute Gasteiger partial charge is 0.224 e. The monoisotopic (exact) mass is 263 g/mol. The van der Waals surface area contributed by atoms with Gasteiger partial charge >= 0.3 is 0 Å². The lowest BCUT2D eigenvalue weighted by atomic mass is 10.0. The number of anilines is 1. The molecule has 1 fully saturated rings. The quantitative estimate of drug-likeness (QED) is 0.821. The van der Waals surface area contributed by atoms with Gasteiger partial charge in [0.2, 0.25) is 5.91 Å². The number of ether oxygens (including phenoxy) is 1. The number of hydrogen-bond donors (Lipinski definition) is 2. The van der Waals surface area contributed by atoms with Crippen LogP contribution in [0.2, 0.25) is 0 Å². The fourth-order valence-corrected chi connectivity index (χ4v) is 2.29. The predicted octanol–water partition coefficient (Wildman–Crippen LogP) is 2.99. The first-order chi connectivity index (χ1) is 9.15. The van der Waals surface area contributed by atoms with Gasteiger partial charge in [-0.05, 0) is 50.3 Å². The molecule has 1 saturated heterocycles. The van der Waals surface area contributed by atoms with Crippen LogP contribution in [0.5, 0.6) is 5.75 Å². The first-order valence-corrected chi connectivity index (χ1v) is 6.86. The normalized spacial score (nSPS) is 19.1. The zero-order chi connectivity index (χ0) is 13.7. The highest BCUT2D eigenvalue weighted by molar-refractivity contribution is 5.92. The van der Waals surface area contributed by atoms with Crippen molar-refractivity contribution in [3.63, 3.8) is 0 Å². The van der Waals surface area contributed by atoms with Crippen LogP contribution in [0.3, 0.4) is 0 Å². The molecule has 1 aliphatic heterocycles. The van der Waals surface area contributed by atoms with Crippen molar-refractivity contribution in [3.05, 3.63) is 23.8 Å². The van der Waals surface area contributed by atoms with Crippen LogP contribution in [-0.4, -0.2) is 23.7 Å². The summed E-state index contributed by atoms with van der Waals surface area (Å²) in [6.07, 6.45) is 4.75. The van der Waals surface area contributed by atoms with Crippen molar-refractivity contribution in [2.75, 3.05) is 11.9 Å². The fourth-order valence-electron chi connectivity index (χ4n) is 2.29. The minimum atomic E-state index is -0.0756. The molecule has 1 unspecified atom stereocenters. The molecule has 4 heteroatoms. The number of carbonyl (C=O) groups is 1. The van der Waals surface area contributed by atoms with Crippen LogP contribution >= 0.6 is 0 Å². The number of aromatic hydroxyl groups is 1. The summed E-state index contributed by atoms with van der Waals surface area (Å²) < 4.78 is 5.59. The van der Waals surface area contributed by atoms with Crippen LogP contribution in [0, 0.1) is 6.92 Å². The second-order valence-electron chi connectivity index (χ2n) is 5.10. The molecule has 0 bridgehead atoms. The van der Waals surface area contributed by atoms with Gasteiger partial charge in [0.05, 0.1) is 11.8 Å². The maximum atomic E-state index is 11.8. The first kappa shape index (κ1) is 13.9. The van der Waals surface area contributed by atoms with Crippen molar-refractivity contribution in [2.45, 2.75) is 45.1 Å². The van der Waals surface area contributed by atoms with Gasteiger partial charge in [-0.1, -0.05) is 6.07 Å². The van der Waals surface area contributed by atoms with E-state index in [0.717, 1.165) is 31.4 Å². The number of rotatable bonds is 4. The van der Waals surface area contributed by atoms with Gasteiger partial charge in [-0.15, -0.1) is 0 Å². The molecule has 19 heavy (non-hydrogen) atoms. The SMILES string of the molecule is Cc1ccc(NC(=O)CCC2CCCCO2)c(O)c1. The van der Waals surface area contributed by atoms with Gasteiger partial charge in [0, 0.05) is 13.0 Å². The Hall–Kier alpha value is -1.55. The van der Waals surface area contributed by atoms with Gasteiger partial charge < -0.3 is 15.2 Å². The van der Waals surface area contributed by atoms with Crippen molar-refractivity contribution >= 4 is 11.6 Å². The number of phenols is 1. The largest absolute Gasteiger partial charge is 0.506 e. The van der Waals surface area contributed by atoms with E-state index in [1.54, 1.807) is 12.1 Å². The Balaban J connectivity index is 1.80. The predicted molar refractivity (Wildman–Crippen MR) is 74.3 cm³/mol. The molecule has 1 amide bonds. The Labute approximate surface area is 113 Å². The molecule has 104 valence electrons. The summed E-state index contributed by atoms with van der Waals surface area (Å²) in [6.45, 7) is 2.71. The second kappa shape index (κ2) is 6.57. The Kier molecular flexibility index (Phi) is 4.80. The minimum Gasteiger partial charge on any atom is -0.506 e. The third kappa shape index (κ3) is 4.24. The van der Waals surface area contributed by atoms with Crippen molar-refractivity contribution in [2.24, 2.45) is 0 Å². The van der Waals surface area contributed by atoms with E-state index >= 15 is 0 Å². The van der Waals surface area contributed by atoms with Gasteiger partial charge in [0.1, 0.15) is 5.75 Å². The van der Waals surface area contributed by atoms with Crippen LogP contribution in [-0.2, 0) is 9.53 Å². The summed E-state index contributed by atoms with van der Waals surface area (Å²) in [5.41, 5.74) is 1.44. The second-order valence-corrected chi connectivity index (χ2v) is 5.10. The van der Waals surface area contributed by atoms with E-state index in [9.17, 15) is 9.90 Å². The topological polar surface area (TPSA) is 58.6 Å². The highest BCUT2D eigenvalue weighted by Crippen LogP contribution is 2.24. The zero-order valence-electron chi connectivity index (χ0n) is 11.3. The van der Waals surface area contributed by atoms with E-state index < -0.39 is 0 Å². The maximum absolute atomic E-state index is 11.8. The Morgan fingerprint density at radius 3 is 3.00 bits per heavy atom. The number of phenolic OH excluding ortho intramolecular Hbond substituents is 1. The molecular weight excluding hydrogens is 242 g/mol. The van der Waals surface area contributed by atoms with Crippen LogP contribution in [0.25, 0.3) is 0 Å². The van der Waals surface area contributed by atoms with Gasteiger partial charge in [0.25, 0.3) is 0 Å². The molecule has 2 N–H and O–H groups in total. The number of aryl methyl sites for hydroxylation is 1. The average molecular weight is 263 g/mol. The molecule has 1 aromatic rings. The number of benzene rings is 1. The molecule has 4 nitrogen and oxygen atoms in total. The Morgan fingerprint density at radius 1 is 1.47 bits per heavy atom. The molecule has 1 aromatic carbocycles. The Morgan fingerprint density at radius 2 is 2.32 bits per heavy atom. The van der Waals surface area contributed by atoms with Crippen molar-refractivity contribution in [1.82, 2.24) is 0 Å². The molecule has 1 aliphatic rings. The van der Waals surface area contributed by atoms with Gasteiger partial charge in [-0.25, -0.2) is 0 Å². The van der Waals surface area contributed by atoms with Crippen molar-refractivity contribution in [1.29, 1.82) is 0 Å². The highest BCUT2D eigenvalue weighted by Gasteiger charge is 2.15. The highest BCUT2D eigenvalue weighted by atomic mass is 16.5. The summed E-state index contributed by atoms with van der Waals surface area (Å²) in [5.74, 6) is 0.0376. The Bertz CT molecular complexity index is 439. The van der Waals surface area contributed by atoms with E-state index in [2.05, 4.69) is 5.32 Å². The number of amides is 1. The summed E-state index contributed by atoms with van der Waals surface area (Å²) in [5, 5.41) is 12.5. The van der Waals surface area contributed by atoms with Crippen LogP contribution < -0.4 is 5.32 Å². The maximum Gasteiger partial charge on any atom is 0.224 e.